The van der Waals surface area contributed by atoms with Crippen molar-refractivity contribution in [2.45, 2.75) is 13.0 Å². The molecular formula is C17H17ClFNO4. The van der Waals surface area contributed by atoms with Gasteiger partial charge in [-0.2, -0.15) is 0 Å². The summed E-state index contributed by atoms with van der Waals surface area (Å²) < 4.78 is 28.7. The van der Waals surface area contributed by atoms with E-state index in [0.717, 1.165) is 0 Å². The number of halogens is 2. The largest absolute Gasteiger partial charge is 0.495 e. The molecule has 0 heterocycles. The molecule has 0 aliphatic rings. The number of methoxy groups -OCH3 is 2. The molecule has 0 saturated heterocycles. The molecule has 7 heteroatoms. The molecule has 1 N–H and O–H groups in total. The van der Waals surface area contributed by atoms with Crippen molar-refractivity contribution in [3.63, 3.8) is 0 Å². The summed E-state index contributed by atoms with van der Waals surface area (Å²) >= 11 is 6.07. The highest BCUT2D eigenvalue weighted by Gasteiger charge is 2.18. The van der Waals surface area contributed by atoms with Gasteiger partial charge in [-0.05, 0) is 37.3 Å². The Kier molecular flexibility index (Phi) is 5.87. The zero-order chi connectivity index (χ0) is 17.7. The van der Waals surface area contributed by atoms with Crippen LogP contribution in [0.4, 0.5) is 10.1 Å². The van der Waals surface area contributed by atoms with Crippen LogP contribution in [-0.2, 0) is 4.79 Å². The second kappa shape index (κ2) is 7.88. The van der Waals surface area contributed by atoms with Gasteiger partial charge in [0.25, 0.3) is 5.91 Å². The van der Waals surface area contributed by atoms with E-state index in [-0.39, 0.29) is 5.82 Å². The maximum atomic E-state index is 12.9. The highest BCUT2D eigenvalue weighted by atomic mass is 35.5. The third-order valence-electron chi connectivity index (χ3n) is 3.23. The van der Waals surface area contributed by atoms with Crippen molar-refractivity contribution in [2.24, 2.45) is 0 Å². The lowest BCUT2D eigenvalue weighted by atomic mass is 10.2. The van der Waals surface area contributed by atoms with E-state index in [0.29, 0.717) is 28.0 Å². The van der Waals surface area contributed by atoms with Crippen LogP contribution in [0.25, 0.3) is 0 Å². The summed E-state index contributed by atoms with van der Waals surface area (Å²) in [4.78, 5) is 12.3. The topological polar surface area (TPSA) is 56.8 Å². The quantitative estimate of drug-likeness (QED) is 0.855. The van der Waals surface area contributed by atoms with Crippen LogP contribution >= 0.6 is 11.6 Å². The highest BCUT2D eigenvalue weighted by Crippen LogP contribution is 2.36. The fourth-order valence-electron chi connectivity index (χ4n) is 1.96. The third kappa shape index (κ3) is 4.29. The Bertz CT molecular complexity index is 721. The minimum absolute atomic E-state index is 0.334. The van der Waals surface area contributed by atoms with Gasteiger partial charge in [-0.15, -0.1) is 0 Å². The molecule has 2 aromatic carbocycles. The van der Waals surface area contributed by atoms with Gasteiger partial charge in [0.1, 0.15) is 23.1 Å². The Balaban J connectivity index is 2.10. The number of anilines is 1. The summed E-state index contributed by atoms with van der Waals surface area (Å²) in [5.74, 6) is 0.440. The Labute approximate surface area is 144 Å². The van der Waals surface area contributed by atoms with Crippen LogP contribution in [-0.4, -0.2) is 26.2 Å². The molecule has 2 rings (SSSR count). The van der Waals surface area contributed by atoms with Crippen LogP contribution in [0.2, 0.25) is 5.02 Å². The second-order valence-corrected chi connectivity index (χ2v) is 5.30. The Hall–Kier alpha value is -2.47. The Morgan fingerprint density at radius 1 is 1.12 bits per heavy atom. The maximum Gasteiger partial charge on any atom is 0.265 e. The average molecular weight is 354 g/mol. The first-order valence-electron chi connectivity index (χ1n) is 7.09. The first kappa shape index (κ1) is 17.9. The molecular weight excluding hydrogens is 337 g/mol. The van der Waals surface area contributed by atoms with E-state index in [1.54, 1.807) is 13.0 Å². The standard InChI is InChI=1S/C17H17ClFNO4/c1-10(24-12-6-4-11(19)5-7-12)17(21)20-14-8-13(18)15(22-2)9-16(14)23-3/h4-10H,1-3H3,(H,20,21). The summed E-state index contributed by atoms with van der Waals surface area (Å²) in [5.41, 5.74) is 0.392. The van der Waals surface area contributed by atoms with E-state index in [1.165, 1.54) is 44.6 Å². The van der Waals surface area contributed by atoms with Gasteiger partial charge in [-0.1, -0.05) is 11.6 Å². The smallest absolute Gasteiger partial charge is 0.265 e. The van der Waals surface area contributed by atoms with Gasteiger partial charge in [0.2, 0.25) is 0 Å². The molecule has 0 aliphatic carbocycles. The predicted octanol–water partition coefficient (Wildman–Crippen LogP) is 3.90. The van der Waals surface area contributed by atoms with E-state index in [1.807, 2.05) is 0 Å². The van der Waals surface area contributed by atoms with Crippen molar-refractivity contribution in [1.29, 1.82) is 0 Å². The highest BCUT2D eigenvalue weighted by molar-refractivity contribution is 6.32. The number of hydrogen-bond acceptors (Lipinski definition) is 4. The number of amides is 1. The number of ether oxygens (including phenoxy) is 3. The number of carbonyl (C=O) groups is 1. The van der Waals surface area contributed by atoms with Gasteiger partial charge >= 0.3 is 0 Å². The summed E-state index contributed by atoms with van der Waals surface area (Å²) in [6.07, 6.45) is -0.805. The normalized spacial score (nSPS) is 11.5. The summed E-state index contributed by atoms with van der Waals surface area (Å²) in [6.45, 7) is 1.58. The zero-order valence-corrected chi connectivity index (χ0v) is 14.2. The monoisotopic (exact) mass is 353 g/mol. The van der Waals surface area contributed by atoms with E-state index < -0.39 is 12.0 Å². The lowest BCUT2D eigenvalue weighted by Gasteiger charge is -2.17. The fraction of sp³-hybridized carbons (Fsp3) is 0.235. The molecule has 0 spiro atoms. The van der Waals surface area contributed by atoms with Crippen LogP contribution < -0.4 is 19.5 Å². The molecule has 5 nitrogen and oxygen atoms in total. The van der Waals surface area contributed by atoms with E-state index >= 15 is 0 Å². The maximum absolute atomic E-state index is 12.9. The van der Waals surface area contributed by atoms with Crippen molar-refractivity contribution in [1.82, 2.24) is 0 Å². The number of hydrogen-bond donors (Lipinski definition) is 1. The molecule has 0 bridgehead atoms. The first-order valence-corrected chi connectivity index (χ1v) is 7.47. The van der Waals surface area contributed by atoms with E-state index in [4.69, 9.17) is 25.8 Å². The fourth-order valence-corrected chi connectivity index (χ4v) is 2.20. The number of carbonyl (C=O) groups excluding carboxylic acids is 1. The van der Waals surface area contributed by atoms with E-state index in [2.05, 4.69) is 5.32 Å². The lowest BCUT2D eigenvalue weighted by Crippen LogP contribution is -2.30. The summed E-state index contributed by atoms with van der Waals surface area (Å²) in [7, 11) is 2.95. The molecule has 0 saturated carbocycles. The van der Waals surface area contributed by atoms with Crippen LogP contribution in [0.3, 0.4) is 0 Å². The Morgan fingerprint density at radius 2 is 1.75 bits per heavy atom. The first-order chi connectivity index (χ1) is 11.4. The molecule has 1 amide bonds. The Morgan fingerprint density at radius 3 is 2.33 bits per heavy atom. The van der Waals surface area contributed by atoms with Crippen LogP contribution in [0.1, 0.15) is 6.92 Å². The molecule has 128 valence electrons. The number of benzene rings is 2. The molecule has 2 aromatic rings. The minimum Gasteiger partial charge on any atom is -0.495 e. The van der Waals surface area contributed by atoms with Gasteiger partial charge < -0.3 is 19.5 Å². The van der Waals surface area contributed by atoms with Crippen molar-refractivity contribution < 1.29 is 23.4 Å². The second-order valence-electron chi connectivity index (χ2n) is 4.89. The summed E-state index contributed by atoms with van der Waals surface area (Å²) in [5, 5.41) is 3.02. The van der Waals surface area contributed by atoms with Crippen LogP contribution in [0.5, 0.6) is 17.2 Å². The lowest BCUT2D eigenvalue weighted by molar-refractivity contribution is -0.122. The van der Waals surface area contributed by atoms with Gasteiger partial charge in [0.05, 0.1) is 24.9 Å². The number of nitrogens with one attached hydrogen (secondary N) is 1. The molecule has 1 atom stereocenters. The SMILES string of the molecule is COc1cc(OC)c(NC(=O)C(C)Oc2ccc(F)cc2)cc1Cl. The van der Waals surface area contributed by atoms with Gasteiger partial charge in [-0.25, -0.2) is 4.39 Å². The zero-order valence-electron chi connectivity index (χ0n) is 13.4. The molecule has 0 aliphatic heterocycles. The molecule has 0 radical (unpaired) electrons. The van der Waals surface area contributed by atoms with Crippen molar-refractivity contribution in [2.75, 3.05) is 19.5 Å². The predicted molar refractivity (Wildman–Crippen MR) is 89.7 cm³/mol. The average Bonchev–Trinajstić information content (AvgIpc) is 2.57. The molecule has 0 aromatic heterocycles. The van der Waals surface area contributed by atoms with Crippen molar-refractivity contribution in [3.8, 4) is 17.2 Å². The minimum atomic E-state index is -0.805. The summed E-state index contributed by atoms with van der Waals surface area (Å²) in [6, 6.07) is 8.51. The molecule has 1 unspecified atom stereocenters. The van der Waals surface area contributed by atoms with Gasteiger partial charge in [-0.3, -0.25) is 4.79 Å². The third-order valence-corrected chi connectivity index (χ3v) is 3.52. The van der Waals surface area contributed by atoms with Crippen LogP contribution in [0.15, 0.2) is 36.4 Å². The van der Waals surface area contributed by atoms with Crippen molar-refractivity contribution in [3.05, 3.63) is 47.2 Å². The van der Waals surface area contributed by atoms with Crippen LogP contribution in [0, 0.1) is 5.82 Å². The van der Waals surface area contributed by atoms with Gasteiger partial charge in [0, 0.05) is 6.07 Å². The number of rotatable bonds is 6. The molecule has 0 fully saturated rings. The molecule has 24 heavy (non-hydrogen) atoms. The van der Waals surface area contributed by atoms with Crippen molar-refractivity contribution >= 4 is 23.2 Å². The van der Waals surface area contributed by atoms with Gasteiger partial charge in [0.15, 0.2) is 6.10 Å². The van der Waals surface area contributed by atoms with E-state index in [9.17, 15) is 9.18 Å².